The van der Waals surface area contributed by atoms with Crippen molar-refractivity contribution in [1.82, 2.24) is 10.1 Å². The van der Waals surface area contributed by atoms with Crippen LogP contribution in [0.1, 0.15) is 29.0 Å². The lowest BCUT2D eigenvalue weighted by molar-refractivity contribution is 0.0508. The van der Waals surface area contributed by atoms with Crippen molar-refractivity contribution in [3.05, 3.63) is 41.5 Å². The van der Waals surface area contributed by atoms with Gasteiger partial charge in [-0.25, -0.2) is 4.79 Å². The van der Waals surface area contributed by atoms with Crippen LogP contribution < -0.4 is 5.73 Å². The molecule has 0 aliphatic rings. The fourth-order valence-corrected chi connectivity index (χ4v) is 1.41. The number of ether oxygens (including phenoxy) is 1. The highest BCUT2D eigenvalue weighted by molar-refractivity contribution is 5.85. The van der Waals surface area contributed by atoms with Crippen LogP contribution in [0.25, 0.3) is 12.2 Å². The Kier molecular flexibility index (Phi) is 3.92. The molecule has 19 heavy (non-hydrogen) atoms. The molecular weight excluding hydrogens is 246 g/mol. The van der Waals surface area contributed by atoms with Gasteiger partial charge in [-0.1, -0.05) is 12.1 Å². The smallest absolute Gasteiger partial charge is 0.379 e. The normalized spacial score (nSPS) is 10.8. The number of carbonyl (C=O) groups is 1. The third-order valence-corrected chi connectivity index (χ3v) is 2.23. The molecule has 0 aliphatic heterocycles. The number of aromatic nitrogens is 2. The van der Waals surface area contributed by atoms with Gasteiger partial charge in [0.25, 0.3) is 11.7 Å². The minimum atomic E-state index is -0.602. The Bertz CT molecular complexity index is 605. The predicted octanol–water partition coefficient (Wildman–Crippen LogP) is 2.00. The maximum atomic E-state index is 11.3. The van der Waals surface area contributed by atoms with Gasteiger partial charge in [0.2, 0.25) is 0 Å². The van der Waals surface area contributed by atoms with Gasteiger partial charge in [0.1, 0.15) is 0 Å². The molecule has 2 N–H and O–H groups in total. The maximum Gasteiger partial charge on any atom is 0.379 e. The molecule has 1 aromatic heterocycles. The largest absolute Gasteiger partial charge is 0.460 e. The molecule has 6 nitrogen and oxygen atoms in total. The van der Waals surface area contributed by atoms with Crippen LogP contribution in [-0.2, 0) is 4.74 Å². The second-order valence-electron chi connectivity index (χ2n) is 3.68. The zero-order valence-electron chi connectivity index (χ0n) is 10.4. The molecule has 1 aromatic carbocycles. The molecule has 0 unspecified atom stereocenters. The first kappa shape index (κ1) is 12.8. The van der Waals surface area contributed by atoms with Crippen molar-refractivity contribution in [3.8, 4) is 0 Å². The van der Waals surface area contributed by atoms with E-state index in [0.29, 0.717) is 5.69 Å². The number of nitrogens with zero attached hydrogens (tertiary/aromatic N) is 2. The van der Waals surface area contributed by atoms with Crippen LogP contribution in [0, 0.1) is 0 Å². The Morgan fingerprint density at radius 2 is 2.32 bits per heavy atom. The highest BCUT2D eigenvalue weighted by atomic mass is 16.5. The van der Waals surface area contributed by atoms with Crippen LogP contribution in [-0.4, -0.2) is 22.7 Å². The Labute approximate surface area is 109 Å². The third-order valence-electron chi connectivity index (χ3n) is 2.23. The number of benzene rings is 1. The molecule has 0 aliphatic carbocycles. The lowest BCUT2D eigenvalue weighted by atomic mass is 10.2. The van der Waals surface area contributed by atoms with Crippen molar-refractivity contribution in [2.24, 2.45) is 0 Å². The van der Waals surface area contributed by atoms with Gasteiger partial charge in [-0.15, -0.1) is 0 Å². The third kappa shape index (κ3) is 3.41. The molecule has 98 valence electrons. The second kappa shape index (κ2) is 5.81. The lowest BCUT2D eigenvalue weighted by Gasteiger charge is -1.94. The lowest BCUT2D eigenvalue weighted by Crippen LogP contribution is -2.06. The summed E-state index contributed by atoms with van der Waals surface area (Å²) in [7, 11) is 0. The monoisotopic (exact) mass is 259 g/mol. The molecule has 1 heterocycles. The van der Waals surface area contributed by atoms with Crippen LogP contribution in [0.2, 0.25) is 0 Å². The van der Waals surface area contributed by atoms with Crippen molar-refractivity contribution >= 4 is 23.8 Å². The fourth-order valence-electron chi connectivity index (χ4n) is 1.41. The predicted molar refractivity (Wildman–Crippen MR) is 70.0 cm³/mol. The van der Waals surface area contributed by atoms with Gasteiger partial charge in [-0.3, -0.25) is 0 Å². The maximum absolute atomic E-state index is 11.3. The first-order chi connectivity index (χ1) is 9.19. The molecule has 0 amide bonds. The molecule has 6 heteroatoms. The van der Waals surface area contributed by atoms with Gasteiger partial charge in [-0.05, 0) is 35.9 Å². The number of nitrogen functional groups attached to an aromatic ring is 1. The quantitative estimate of drug-likeness (QED) is 0.667. The SMILES string of the molecule is CCOC(=O)c1noc(/C=C/c2cccc(N)c2)n1. The topological polar surface area (TPSA) is 91.2 Å². The summed E-state index contributed by atoms with van der Waals surface area (Å²) in [5.41, 5.74) is 7.22. The van der Waals surface area contributed by atoms with E-state index >= 15 is 0 Å². The van der Waals surface area contributed by atoms with Crippen molar-refractivity contribution in [2.75, 3.05) is 12.3 Å². The number of rotatable bonds is 4. The highest BCUT2D eigenvalue weighted by Crippen LogP contribution is 2.10. The molecular formula is C13H13N3O3. The van der Waals surface area contributed by atoms with Crippen LogP contribution >= 0.6 is 0 Å². The van der Waals surface area contributed by atoms with E-state index in [0.717, 1.165) is 5.56 Å². The van der Waals surface area contributed by atoms with E-state index in [-0.39, 0.29) is 18.3 Å². The first-order valence-electron chi connectivity index (χ1n) is 5.73. The van der Waals surface area contributed by atoms with E-state index in [1.54, 1.807) is 31.2 Å². The average Bonchev–Trinajstić information content (AvgIpc) is 2.86. The van der Waals surface area contributed by atoms with Gasteiger partial charge in [0.15, 0.2) is 0 Å². The van der Waals surface area contributed by atoms with E-state index < -0.39 is 5.97 Å². The van der Waals surface area contributed by atoms with E-state index in [1.807, 2.05) is 12.1 Å². The van der Waals surface area contributed by atoms with Gasteiger partial charge in [-0.2, -0.15) is 4.98 Å². The number of carbonyl (C=O) groups excluding carboxylic acids is 1. The Hall–Kier alpha value is -2.63. The first-order valence-corrected chi connectivity index (χ1v) is 5.73. The van der Waals surface area contributed by atoms with E-state index in [9.17, 15) is 4.79 Å². The Balaban J connectivity index is 2.09. The molecule has 0 spiro atoms. The molecule has 0 bridgehead atoms. The molecule has 0 fully saturated rings. The summed E-state index contributed by atoms with van der Waals surface area (Å²) in [4.78, 5) is 15.2. The van der Waals surface area contributed by atoms with Crippen molar-refractivity contribution in [2.45, 2.75) is 6.92 Å². The molecule has 0 saturated heterocycles. The average molecular weight is 259 g/mol. The summed E-state index contributed by atoms with van der Waals surface area (Å²) in [6.45, 7) is 1.97. The summed E-state index contributed by atoms with van der Waals surface area (Å²) in [6, 6.07) is 7.32. The van der Waals surface area contributed by atoms with Gasteiger partial charge in [0, 0.05) is 11.8 Å². The number of hydrogen-bond donors (Lipinski definition) is 1. The second-order valence-corrected chi connectivity index (χ2v) is 3.68. The number of hydrogen-bond acceptors (Lipinski definition) is 6. The van der Waals surface area contributed by atoms with Crippen LogP contribution in [0.15, 0.2) is 28.8 Å². The Morgan fingerprint density at radius 1 is 1.47 bits per heavy atom. The molecule has 0 saturated carbocycles. The summed E-state index contributed by atoms with van der Waals surface area (Å²) in [5.74, 6) is -0.464. The highest BCUT2D eigenvalue weighted by Gasteiger charge is 2.13. The molecule has 2 aromatic rings. The van der Waals surface area contributed by atoms with Gasteiger partial charge in [0.05, 0.1) is 6.61 Å². The van der Waals surface area contributed by atoms with Crippen molar-refractivity contribution in [1.29, 1.82) is 0 Å². The van der Waals surface area contributed by atoms with Crippen LogP contribution in [0.3, 0.4) is 0 Å². The summed E-state index contributed by atoms with van der Waals surface area (Å²) < 4.78 is 9.66. The zero-order chi connectivity index (χ0) is 13.7. The number of esters is 1. The van der Waals surface area contributed by atoms with Crippen LogP contribution in [0.5, 0.6) is 0 Å². The standard InChI is InChI=1S/C13H13N3O3/c1-2-18-13(17)12-15-11(19-16-12)7-6-9-4-3-5-10(14)8-9/h3-8H,2,14H2,1H3/b7-6+. The van der Waals surface area contributed by atoms with E-state index in [2.05, 4.69) is 10.1 Å². The molecule has 2 rings (SSSR count). The van der Waals surface area contributed by atoms with Gasteiger partial charge < -0.3 is 15.0 Å². The van der Waals surface area contributed by atoms with Crippen molar-refractivity contribution < 1.29 is 14.1 Å². The van der Waals surface area contributed by atoms with E-state index in [4.69, 9.17) is 15.0 Å². The number of anilines is 1. The Morgan fingerprint density at radius 3 is 3.05 bits per heavy atom. The van der Waals surface area contributed by atoms with Crippen LogP contribution in [0.4, 0.5) is 5.69 Å². The minimum Gasteiger partial charge on any atom is -0.460 e. The summed E-state index contributed by atoms with van der Waals surface area (Å²) in [6.07, 6.45) is 3.36. The van der Waals surface area contributed by atoms with Gasteiger partial charge >= 0.3 is 5.97 Å². The van der Waals surface area contributed by atoms with E-state index in [1.165, 1.54) is 0 Å². The fraction of sp³-hybridized carbons (Fsp3) is 0.154. The minimum absolute atomic E-state index is 0.0888. The zero-order valence-corrected chi connectivity index (χ0v) is 10.4. The summed E-state index contributed by atoms with van der Waals surface area (Å²) in [5, 5.41) is 3.53. The molecule has 0 atom stereocenters. The van der Waals surface area contributed by atoms with Crippen molar-refractivity contribution in [3.63, 3.8) is 0 Å². The summed E-state index contributed by atoms with van der Waals surface area (Å²) >= 11 is 0. The molecule has 0 radical (unpaired) electrons. The number of nitrogens with two attached hydrogens (primary N) is 1.